The van der Waals surface area contributed by atoms with Gasteiger partial charge in [-0.3, -0.25) is 4.79 Å². The molecule has 110 valence electrons. The molecule has 1 aliphatic rings. The van der Waals surface area contributed by atoms with Gasteiger partial charge in [-0.15, -0.1) is 0 Å². The van der Waals surface area contributed by atoms with Gasteiger partial charge in [0.1, 0.15) is 11.8 Å². The first-order valence-corrected chi connectivity index (χ1v) is 6.91. The van der Waals surface area contributed by atoms with Crippen LogP contribution in [0, 0.1) is 0 Å². The summed E-state index contributed by atoms with van der Waals surface area (Å²) in [6, 6.07) is 7.34. The van der Waals surface area contributed by atoms with Gasteiger partial charge in [-0.2, -0.15) is 0 Å². The first-order valence-electron chi connectivity index (χ1n) is 6.91. The van der Waals surface area contributed by atoms with Crippen molar-refractivity contribution in [1.82, 2.24) is 10.6 Å². The quantitative estimate of drug-likeness (QED) is 0.870. The van der Waals surface area contributed by atoms with E-state index in [1.165, 1.54) is 0 Å². The number of methoxy groups -OCH3 is 1. The fraction of sp³-hybridized carbons (Fsp3) is 0.533. The van der Waals surface area contributed by atoms with Crippen LogP contribution in [0.15, 0.2) is 24.3 Å². The summed E-state index contributed by atoms with van der Waals surface area (Å²) in [5.74, 6) is 0.753. The fourth-order valence-corrected chi connectivity index (χ4v) is 2.32. The average Bonchev–Trinajstić information content (AvgIpc) is 2.47. The van der Waals surface area contributed by atoms with Crippen LogP contribution in [0.3, 0.4) is 0 Å². The van der Waals surface area contributed by atoms with Crippen molar-refractivity contribution in [2.45, 2.75) is 32.0 Å². The Morgan fingerprint density at radius 1 is 1.55 bits per heavy atom. The maximum absolute atomic E-state index is 12.3. The molecule has 0 radical (unpaired) electrons. The second kappa shape index (κ2) is 6.72. The van der Waals surface area contributed by atoms with E-state index in [1.807, 2.05) is 38.1 Å². The highest BCUT2D eigenvalue weighted by Crippen LogP contribution is 2.19. The first kappa shape index (κ1) is 14.8. The minimum atomic E-state index is -0.295. The van der Waals surface area contributed by atoms with E-state index >= 15 is 0 Å². The summed E-state index contributed by atoms with van der Waals surface area (Å²) in [5, 5.41) is 6.20. The summed E-state index contributed by atoms with van der Waals surface area (Å²) >= 11 is 0. The zero-order valence-corrected chi connectivity index (χ0v) is 12.2. The number of hydrogen-bond acceptors (Lipinski definition) is 4. The second-order valence-corrected chi connectivity index (χ2v) is 5.01. The lowest BCUT2D eigenvalue weighted by Crippen LogP contribution is -2.55. The molecule has 1 unspecified atom stereocenters. The smallest absolute Gasteiger partial charge is 0.240 e. The minimum Gasteiger partial charge on any atom is -0.497 e. The number of amides is 1. The third-order valence-electron chi connectivity index (χ3n) is 3.55. The van der Waals surface area contributed by atoms with Crippen molar-refractivity contribution in [3.63, 3.8) is 0 Å². The molecule has 0 aromatic heterocycles. The van der Waals surface area contributed by atoms with Crippen LogP contribution in [-0.2, 0) is 9.53 Å². The Hall–Kier alpha value is -1.59. The molecule has 5 nitrogen and oxygen atoms in total. The van der Waals surface area contributed by atoms with Crippen LogP contribution in [0.4, 0.5) is 0 Å². The Bertz CT molecular complexity index is 464. The molecule has 0 bridgehead atoms. The van der Waals surface area contributed by atoms with Crippen molar-refractivity contribution in [2.24, 2.45) is 0 Å². The summed E-state index contributed by atoms with van der Waals surface area (Å²) in [4.78, 5) is 12.3. The number of carbonyl (C=O) groups is 1. The number of morpholine rings is 1. The van der Waals surface area contributed by atoms with Crippen molar-refractivity contribution in [1.29, 1.82) is 0 Å². The van der Waals surface area contributed by atoms with Gasteiger partial charge in [0, 0.05) is 6.54 Å². The van der Waals surface area contributed by atoms with E-state index in [-0.39, 0.29) is 24.1 Å². The van der Waals surface area contributed by atoms with E-state index in [0.717, 1.165) is 11.3 Å². The second-order valence-electron chi connectivity index (χ2n) is 5.01. The molecule has 0 saturated carbocycles. The molecule has 1 aromatic carbocycles. The molecule has 3 atom stereocenters. The fourth-order valence-electron chi connectivity index (χ4n) is 2.32. The first-order chi connectivity index (χ1) is 9.61. The van der Waals surface area contributed by atoms with E-state index in [0.29, 0.717) is 13.2 Å². The van der Waals surface area contributed by atoms with Crippen LogP contribution in [0.5, 0.6) is 5.75 Å². The van der Waals surface area contributed by atoms with Gasteiger partial charge in [0.25, 0.3) is 0 Å². The highest BCUT2D eigenvalue weighted by atomic mass is 16.5. The van der Waals surface area contributed by atoms with Crippen molar-refractivity contribution in [3.8, 4) is 5.75 Å². The van der Waals surface area contributed by atoms with Crippen molar-refractivity contribution in [3.05, 3.63) is 29.8 Å². The highest BCUT2D eigenvalue weighted by molar-refractivity contribution is 5.82. The molecule has 1 fully saturated rings. The summed E-state index contributed by atoms with van der Waals surface area (Å²) in [5.41, 5.74) is 1.02. The number of benzene rings is 1. The maximum Gasteiger partial charge on any atom is 0.240 e. The van der Waals surface area contributed by atoms with Gasteiger partial charge in [0.05, 0.1) is 25.9 Å². The lowest BCUT2D eigenvalue weighted by Gasteiger charge is -2.30. The lowest BCUT2D eigenvalue weighted by molar-refractivity contribution is -0.129. The topological polar surface area (TPSA) is 59.6 Å². The molecule has 5 heteroatoms. The number of rotatable bonds is 4. The molecule has 2 N–H and O–H groups in total. The molecule has 1 aromatic rings. The molecule has 1 amide bonds. The molecule has 2 rings (SSSR count). The van der Waals surface area contributed by atoms with Gasteiger partial charge in [0.2, 0.25) is 5.91 Å². The minimum absolute atomic E-state index is 0.0347. The predicted molar refractivity (Wildman–Crippen MR) is 76.8 cm³/mol. The average molecular weight is 278 g/mol. The number of hydrogen-bond donors (Lipinski definition) is 2. The SMILES string of the molecule is COc1cccc(C(C)NC(=O)[C@H]2NCCO[C@@H]2C)c1. The molecule has 1 heterocycles. The van der Waals surface area contributed by atoms with Gasteiger partial charge in [-0.1, -0.05) is 12.1 Å². The van der Waals surface area contributed by atoms with Gasteiger partial charge in [-0.05, 0) is 31.5 Å². The molecule has 1 saturated heterocycles. The largest absolute Gasteiger partial charge is 0.497 e. The van der Waals surface area contributed by atoms with E-state index in [4.69, 9.17) is 9.47 Å². The third-order valence-corrected chi connectivity index (χ3v) is 3.55. The van der Waals surface area contributed by atoms with E-state index < -0.39 is 0 Å². The molecule has 1 aliphatic heterocycles. The van der Waals surface area contributed by atoms with Gasteiger partial charge in [-0.25, -0.2) is 0 Å². The monoisotopic (exact) mass is 278 g/mol. The van der Waals surface area contributed by atoms with Crippen molar-refractivity contribution >= 4 is 5.91 Å². The van der Waals surface area contributed by atoms with Gasteiger partial charge >= 0.3 is 0 Å². The standard InChI is InChI=1S/C15H22N2O3/c1-10(12-5-4-6-13(9-12)19-3)17-15(18)14-11(2)20-8-7-16-14/h4-6,9-11,14,16H,7-8H2,1-3H3,(H,17,18)/t10?,11-,14+/m1/s1. The zero-order chi connectivity index (χ0) is 14.5. The molecular weight excluding hydrogens is 256 g/mol. The zero-order valence-electron chi connectivity index (χ0n) is 12.2. The Morgan fingerprint density at radius 3 is 3.05 bits per heavy atom. The molecule has 0 spiro atoms. The highest BCUT2D eigenvalue weighted by Gasteiger charge is 2.29. The van der Waals surface area contributed by atoms with Crippen molar-refractivity contribution < 1.29 is 14.3 Å². The van der Waals surface area contributed by atoms with Crippen LogP contribution >= 0.6 is 0 Å². The summed E-state index contributed by atoms with van der Waals surface area (Å²) in [6.45, 7) is 5.22. The van der Waals surface area contributed by atoms with E-state index in [1.54, 1.807) is 7.11 Å². The van der Waals surface area contributed by atoms with Crippen molar-refractivity contribution in [2.75, 3.05) is 20.3 Å². The Labute approximate surface area is 119 Å². The molecule has 0 aliphatic carbocycles. The van der Waals surface area contributed by atoms with Crippen LogP contribution in [-0.4, -0.2) is 38.3 Å². The van der Waals surface area contributed by atoms with Crippen LogP contribution in [0.1, 0.15) is 25.5 Å². The summed E-state index contributed by atoms with van der Waals surface area (Å²) in [6.07, 6.45) is -0.110. The van der Waals surface area contributed by atoms with Crippen LogP contribution in [0.2, 0.25) is 0 Å². The number of nitrogens with one attached hydrogen (secondary N) is 2. The van der Waals surface area contributed by atoms with Gasteiger partial charge < -0.3 is 20.1 Å². The normalized spacial score (nSPS) is 23.9. The lowest BCUT2D eigenvalue weighted by atomic mass is 10.1. The predicted octanol–water partition coefficient (Wildman–Crippen LogP) is 1.25. The number of carbonyl (C=O) groups excluding carboxylic acids is 1. The Balaban J connectivity index is 1.99. The van der Waals surface area contributed by atoms with E-state index in [2.05, 4.69) is 10.6 Å². The van der Waals surface area contributed by atoms with Crippen LogP contribution in [0.25, 0.3) is 0 Å². The molecule has 20 heavy (non-hydrogen) atoms. The van der Waals surface area contributed by atoms with E-state index in [9.17, 15) is 4.79 Å². The number of ether oxygens (including phenoxy) is 2. The Morgan fingerprint density at radius 2 is 2.35 bits per heavy atom. The van der Waals surface area contributed by atoms with Gasteiger partial charge in [0.15, 0.2) is 0 Å². The summed E-state index contributed by atoms with van der Waals surface area (Å²) in [7, 11) is 1.63. The molecular formula is C15H22N2O3. The Kier molecular flexibility index (Phi) is 4.98. The van der Waals surface area contributed by atoms with Crippen LogP contribution < -0.4 is 15.4 Å². The maximum atomic E-state index is 12.3. The third kappa shape index (κ3) is 3.49. The summed E-state index contributed by atoms with van der Waals surface area (Å²) < 4.78 is 10.7.